The van der Waals surface area contributed by atoms with Gasteiger partial charge in [0.15, 0.2) is 8.32 Å². The first-order valence-electron chi connectivity index (χ1n) is 10.5. The van der Waals surface area contributed by atoms with Crippen molar-refractivity contribution in [3.8, 4) is 0 Å². The summed E-state index contributed by atoms with van der Waals surface area (Å²) in [7, 11) is -1.90. The van der Waals surface area contributed by atoms with Gasteiger partial charge in [0.25, 0.3) is 0 Å². The van der Waals surface area contributed by atoms with Gasteiger partial charge >= 0.3 is 5.97 Å². The van der Waals surface area contributed by atoms with Crippen LogP contribution in [0.15, 0.2) is 30.3 Å². The van der Waals surface area contributed by atoms with Gasteiger partial charge in [0.2, 0.25) is 0 Å². The largest absolute Gasteiger partial charge is 0.461 e. The molecule has 0 N–H and O–H groups in total. The summed E-state index contributed by atoms with van der Waals surface area (Å²) < 4.78 is 12.1. The molecule has 1 atom stereocenters. The van der Waals surface area contributed by atoms with Crippen LogP contribution in [0.2, 0.25) is 18.1 Å². The monoisotopic (exact) mass is 392 g/mol. The molecule has 0 bridgehead atoms. The summed E-state index contributed by atoms with van der Waals surface area (Å²) in [6.07, 6.45) is 7.39. The fourth-order valence-corrected chi connectivity index (χ4v) is 4.14. The SMILES string of the molecule is CCCCCCC[C@H](CC(=O)OCc1ccccc1)O[Si](C)(C)C(C)(C)C. The topological polar surface area (TPSA) is 35.5 Å². The second-order valence-corrected chi connectivity index (χ2v) is 13.8. The van der Waals surface area contributed by atoms with E-state index in [2.05, 4.69) is 40.8 Å². The minimum absolute atomic E-state index is 0.0317. The Morgan fingerprint density at radius 2 is 1.67 bits per heavy atom. The fraction of sp³-hybridized carbons (Fsp3) is 0.696. The Morgan fingerprint density at radius 3 is 2.26 bits per heavy atom. The van der Waals surface area contributed by atoms with Gasteiger partial charge in [-0.05, 0) is 30.1 Å². The molecule has 27 heavy (non-hydrogen) atoms. The molecule has 0 heterocycles. The van der Waals surface area contributed by atoms with Gasteiger partial charge in [-0.3, -0.25) is 4.79 Å². The summed E-state index contributed by atoms with van der Waals surface area (Å²) in [6.45, 7) is 13.8. The van der Waals surface area contributed by atoms with Crippen molar-refractivity contribution in [2.75, 3.05) is 0 Å². The average Bonchev–Trinajstić information content (AvgIpc) is 2.59. The number of unbranched alkanes of at least 4 members (excludes halogenated alkanes) is 4. The van der Waals surface area contributed by atoms with Crippen molar-refractivity contribution in [1.29, 1.82) is 0 Å². The van der Waals surface area contributed by atoms with E-state index in [1.807, 2.05) is 30.3 Å². The number of carbonyl (C=O) groups is 1. The Hall–Kier alpha value is -1.13. The molecule has 4 heteroatoms. The van der Waals surface area contributed by atoms with Gasteiger partial charge in [0, 0.05) is 0 Å². The number of hydrogen-bond donors (Lipinski definition) is 0. The second kappa shape index (κ2) is 11.7. The molecule has 1 rings (SSSR count). The van der Waals surface area contributed by atoms with Crippen LogP contribution in [-0.4, -0.2) is 20.4 Å². The molecule has 0 amide bonds. The van der Waals surface area contributed by atoms with E-state index < -0.39 is 8.32 Å². The van der Waals surface area contributed by atoms with Gasteiger partial charge in [-0.2, -0.15) is 0 Å². The Balaban J connectivity index is 2.59. The summed E-state index contributed by atoms with van der Waals surface area (Å²) in [5.74, 6) is -0.156. The standard InChI is InChI=1S/C23H40O3Si/c1-7-8-9-10-14-17-21(26-27(5,6)23(2,3)4)18-22(24)25-19-20-15-12-11-13-16-20/h11-13,15-16,21H,7-10,14,17-19H2,1-6H3/t21-/m1/s1. The number of benzene rings is 1. The highest BCUT2D eigenvalue weighted by Crippen LogP contribution is 2.38. The number of ether oxygens (including phenoxy) is 1. The molecule has 0 saturated heterocycles. The zero-order chi connectivity index (χ0) is 20.3. The van der Waals surface area contributed by atoms with Crippen LogP contribution in [-0.2, 0) is 20.6 Å². The quantitative estimate of drug-likeness (QED) is 0.221. The van der Waals surface area contributed by atoms with Crippen LogP contribution >= 0.6 is 0 Å². The van der Waals surface area contributed by atoms with Crippen LogP contribution < -0.4 is 0 Å². The van der Waals surface area contributed by atoms with E-state index >= 15 is 0 Å². The first-order chi connectivity index (χ1) is 12.7. The molecule has 0 fully saturated rings. The lowest BCUT2D eigenvalue weighted by Crippen LogP contribution is -2.44. The predicted octanol–water partition coefficient (Wildman–Crippen LogP) is 6.87. The summed E-state index contributed by atoms with van der Waals surface area (Å²) in [6, 6.07) is 9.84. The average molecular weight is 393 g/mol. The first-order valence-corrected chi connectivity index (χ1v) is 13.4. The molecule has 1 aromatic rings. The van der Waals surface area contributed by atoms with Crippen LogP contribution in [0.5, 0.6) is 0 Å². The van der Waals surface area contributed by atoms with Crippen LogP contribution in [0.25, 0.3) is 0 Å². The smallest absolute Gasteiger partial charge is 0.308 e. The number of hydrogen-bond acceptors (Lipinski definition) is 3. The Bertz CT molecular complexity index is 534. The summed E-state index contributed by atoms with van der Waals surface area (Å²) in [5.41, 5.74) is 1.02. The minimum atomic E-state index is -1.90. The van der Waals surface area contributed by atoms with Crippen molar-refractivity contribution >= 4 is 14.3 Å². The summed E-state index contributed by atoms with van der Waals surface area (Å²) >= 11 is 0. The van der Waals surface area contributed by atoms with Gasteiger partial charge in [0.05, 0.1) is 12.5 Å². The maximum atomic E-state index is 12.4. The van der Waals surface area contributed by atoms with Crippen LogP contribution in [0, 0.1) is 0 Å². The highest BCUT2D eigenvalue weighted by molar-refractivity contribution is 6.74. The van der Waals surface area contributed by atoms with E-state index in [0.29, 0.717) is 13.0 Å². The van der Waals surface area contributed by atoms with Crippen molar-refractivity contribution < 1.29 is 14.0 Å². The van der Waals surface area contributed by atoms with Crippen LogP contribution in [0.3, 0.4) is 0 Å². The second-order valence-electron chi connectivity index (χ2n) is 9.05. The molecular formula is C23H40O3Si. The molecular weight excluding hydrogens is 352 g/mol. The Morgan fingerprint density at radius 1 is 1.04 bits per heavy atom. The van der Waals surface area contributed by atoms with Crippen LogP contribution in [0.4, 0.5) is 0 Å². The summed E-state index contributed by atoms with van der Waals surface area (Å²) in [5, 5.41) is 0.140. The molecule has 0 aliphatic carbocycles. The zero-order valence-corrected chi connectivity index (χ0v) is 19.3. The number of esters is 1. The third-order valence-electron chi connectivity index (χ3n) is 5.53. The molecule has 0 spiro atoms. The maximum absolute atomic E-state index is 12.4. The molecule has 0 aliphatic rings. The van der Waals surface area contributed by atoms with E-state index in [-0.39, 0.29) is 17.1 Å². The van der Waals surface area contributed by atoms with Gasteiger partial charge in [-0.15, -0.1) is 0 Å². The normalized spacial score (nSPS) is 13.4. The fourth-order valence-electron chi connectivity index (χ4n) is 2.75. The molecule has 0 radical (unpaired) electrons. The van der Waals surface area contributed by atoms with Gasteiger partial charge in [0.1, 0.15) is 6.61 Å². The van der Waals surface area contributed by atoms with Gasteiger partial charge in [-0.25, -0.2) is 0 Å². The van der Waals surface area contributed by atoms with Crippen LogP contribution in [0.1, 0.15) is 78.2 Å². The molecule has 0 aromatic heterocycles. The van der Waals surface area contributed by atoms with Crippen molar-refractivity contribution in [3.63, 3.8) is 0 Å². The zero-order valence-electron chi connectivity index (χ0n) is 18.3. The highest BCUT2D eigenvalue weighted by Gasteiger charge is 2.39. The van der Waals surface area contributed by atoms with Crippen molar-refractivity contribution in [2.24, 2.45) is 0 Å². The van der Waals surface area contributed by atoms with Crippen molar-refractivity contribution in [3.05, 3.63) is 35.9 Å². The summed E-state index contributed by atoms with van der Waals surface area (Å²) in [4.78, 5) is 12.4. The Kier molecular flexibility index (Phi) is 10.3. The third kappa shape index (κ3) is 9.57. The van der Waals surface area contributed by atoms with Gasteiger partial charge < -0.3 is 9.16 Å². The van der Waals surface area contributed by atoms with E-state index in [1.54, 1.807) is 0 Å². The molecule has 0 aliphatic heterocycles. The Labute approximate surface area is 168 Å². The van der Waals surface area contributed by atoms with Gasteiger partial charge in [-0.1, -0.05) is 90.1 Å². The molecule has 3 nitrogen and oxygen atoms in total. The van der Waals surface area contributed by atoms with E-state index in [0.717, 1.165) is 18.4 Å². The van der Waals surface area contributed by atoms with E-state index in [1.165, 1.54) is 25.7 Å². The predicted molar refractivity (Wildman–Crippen MR) is 116 cm³/mol. The van der Waals surface area contributed by atoms with E-state index in [9.17, 15) is 4.79 Å². The van der Waals surface area contributed by atoms with E-state index in [4.69, 9.17) is 9.16 Å². The third-order valence-corrected chi connectivity index (χ3v) is 10.1. The number of carbonyl (C=O) groups excluding carboxylic acids is 1. The minimum Gasteiger partial charge on any atom is -0.461 e. The molecule has 0 unspecified atom stereocenters. The lowest BCUT2D eigenvalue weighted by Gasteiger charge is -2.39. The molecule has 1 aromatic carbocycles. The lowest BCUT2D eigenvalue weighted by atomic mass is 10.1. The molecule has 0 saturated carbocycles. The highest BCUT2D eigenvalue weighted by atomic mass is 28.4. The maximum Gasteiger partial charge on any atom is 0.308 e. The number of rotatable bonds is 12. The molecule has 154 valence electrons. The van der Waals surface area contributed by atoms with Crippen molar-refractivity contribution in [1.82, 2.24) is 0 Å². The first kappa shape index (κ1) is 23.9. The van der Waals surface area contributed by atoms with Crippen molar-refractivity contribution in [2.45, 2.75) is 103 Å². The lowest BCUT2D eigenvalue weighted by molar-refractivity contribution is -0.147.